The minimum atomic E-state index is -0.410. The normalized spacial score (nSPS) is 27.3. The lowest BCUT2D eigenvalue weighted by molar-refractivity contribution is 0.104. The molecule has 1 fully saturated rings. The van der Waals surface area contributed by atoms with Gasteiger partial charge in [-0.25, -0.2) is 0 Å². The Balaban J connectivity index is 2.08. The highest BCUT2D eigenvalue weighted by atomic mass is 16.5. The van der Waals surface area contributed by atoms with Crippen LogP contribution < -0.4 is 14.2 Å². The second-order valence-corrected chi connectivity index (χ2v) is 6.24. The molecule has 0 radical (unpaired) electrons. The summed E-state index contributed by atoms with van der Waals surface area (Å²) in [5, 5.41) is 10.7. The number of fused-ring (bicyclic) bond motifs is 1. The Hall–Kier alpha value is -1.72. The summed E-state index contributed by atoms with van der Waals surface area (Å²) in [7, 11) is 6.95. The standard InChI is InChI=1S/C18H25NO4/c1-19-8-7-11-5-6-13(20)16(17(11)19)12-9-14(21-2)18(23-4)15(10-12)22-3/h5,9-10,13,16-17,20H,6-8H2,1-4H3/t13-,16-,17-/m1/s1. The maximum atomic E-state index is 10.7. The van der Waals surface area contributed by atoms with Gasteiger partial charge in [0.1, 0.15) is 0 Å². The zero-order chi connectivity index (χ0) is 16.6. The minimum absolute atomic E-state index is 0.0104. The van der Waals surface area contributed by atoms with E-state index in [1.807, 2.05) is 12.1 Å². The average molecular weight is 319 g/mol. The van der Waals surface area contributed by atoms with Crippen LogP contribution in [0.5, 0.6) is 17.2 Å². The monoisotopic (exact) mass is 319 g/mol. The predicted octanol–water partition coefficient (Wildman–Crippen LogP) is 2.19. The van der Waals surface area contributed by atoms with E-state index in [9.17, 15) is 5.11 Å². The maximum Gasteiger partial charge on any atom is 0.203 e. The molecule has 1 heterocycles. The van der Waals surface area contributed by atoms with Gasteiger partial charge in [-0.15, -0.1) is 0 Å². The molecule has 0 unspecified atom stereocenters. The van der Waals surface area contributed by atoms with Crippen molar-refractivity contribution in [3.05, 3.63) is 29.3 Å². The van der Waals surface area contributed by atoms with E-state index in [4.69, 9.17) is 14.2 Å². The first-order valence-electron chi connectivity index (χ1n) is 7.97. The Morgan fingerprint density at radius 3 is 2.30 bits per heavy atom. The van der Waals surface area contributed by atoms with Gasteiger partial charge in [-0.1, -0.05) is 11.6 Å². The van der Waals surface area contributed by atoms with Gasteiger partial charge in [0.15, 0.2) is 11.5 Å². The first-order chi connectivity index (χ1) is 11.1. The van der Waals surface area contributed by atoms with Crippen molar-refractivity contribution < 1.29 is 19.3 Å². The third kappa shape index (κ3) is 2.68. The summed E-state index contributed by atoms with van der Waals surface area (Å²) in [4.78, 5) is 2.32. The van der Waals surface area contributed by atoms with Crippen molar-refractivity contribution in [2.45, 2.75) is 30.9 Å². The molecule has 0 bridgehead atoms. The van der Waals surface area contributed by atoms with E-state index < -0.39 is 6.10 Å². The molecule has 0 amide bonds. The second-order valence-electron chi connectivity index (χ2n) is 6.24. The topological polar surface area (TPSA) is 51.2 Å². The van der Waals surface area contributed by atoms with Crippen LogP contribution in [0.25, 0.3) is 0 Å². The minimum Gasteiger partial charge on any atom is -0.493 e. The van der Waals surface area contributed by atoms with Gasteiger partial charge in [0.05, 0.1) is 27.4 Å². The molecule has 2 aliphatic rings. The van der Waals surface area contributed by atoms with Gasteiger partial charge in [0.25, 0.3) is 0 Å². The lowest BCUT2D eigenvalue weighted by Crippen LogP contribution is -2.40. The van der Waals surface area contributed by atoms with E-state index in [1.165, 1.54) is 5.57 Å². The summed E-state index contributed by atoms with van der Waals surface area (Å²) in [6.07, 6.45) is 3.57. The quantitative estimate of drug-likeness (QED) is 0.862. The maximum absolute atomic E-state index is 10.7. The largest absolute Gasteiger partial charge is 0.493 e. The molecule has 1 aromatic rings. The summed E-state index contributed by atoms with van der Waals surface area (Å²) in [5.74, 6) is 1.85. The number of ether oxygens (including phenoxy) is 3. The highest BCUT2D eigenvalue weighted by molar-refractivity contribution is 5.55. The highest BCUT2D eigenvalue weighted by Crippen LogP contribution is 2.46. The molecule has 0 saturated carbocycles. The number of nitrogens with zero attached hydrogens (tertiary/aromatic N) is 1. The molecule has 0 spiro atoms. The number of likely N-dealkylation sites (N-methyl/N-ethyl adjacent to an activating group) is 1. The van der Waals surface area contributed by atoms with Crippen LogP contribution in [0.3, 0.4) is 0 Å². The average Bonchev–Trinajstić information content (AvgIpc) is 2.94. The van der Waals surface area contributed by atoms with E-state index >= 15 is 0 Å². The molecule has 1 aromatic carbocycles. The third-order valence-corrected chi connectivity index (χ3v) is 5.06. The molecule has 5 nitrogen and oxygen atoms in total. The first-order valence-corrected chi connectivity index (χ1v) is 7.97. The van der Waals surface area contributed by atoms with Crippen LogP contribution in [0.2, 0.25) is 0 Å². The number of hydrogen-bond acceptors (Lipinski definition) is 5. The Kier molecular flexibility index (Phi) is 4.50. The third-order valence-electron chi connectivity index (χ3n) is 5.06. The van der Waals surface area contributed by atoms with Crippen LogP contribution in [-0.4, -0.2) is 57.1 Å². The summed E-state index contributed by atoms with van der Waals surface area (Å²) in [6, 6.07) is 4.16. The zero-order valence-electron chi connectivity index (χ0n) is 14.2. The van der Waals surface area contributed by atoms with E-state index in [2.05, 4.69) is 18.0 Å². The van der Waals surface area contributed by atoms with E-state index in [-0.39, 0.29) is 12.0 Å². The summed E-state index contributed by atoms with van der Waals surface area (Å²) in [6.45, 7) is 1.03. The lowest BCUT2D eigenvalue weighted by Gasteiger charge is -2.37. The van der Waals surface area contributed by atoms with Crippen molar-refractivity contribution in [2.24, 2.45) is 0 Å². The second kappa shape index (κ2) is 6.42. The highest BCUT2D eigenvalue weighted by Gasteiger charge is 2.41. The molecule has 126 valence electrons. The van der Waals surface area contributed by atoms with Gasteiger partial charge in [-0.05, 0) is 37.6 Å². The van der Waals surface area contributed by atoms with Crippen molar-refractivity contribution in [3.8, 4) is 17.2 Å². The van der Waals surface area contributed by atoms with Gasteiger partial charge < -0.3 is 19.3 Å². The summed E-state index contributed by atoms with van der Waals surface area (Å²) < 4.78 is 16.3. The molecule has 3 atom stereocenters. The molecule has 1 aliphatic carbocycles. The zero-order valence-corrected chi connectivity index (χ0v) is 14.2. The Morgan fingerprint density at radius 2 is 1.74 bits per heavy atom. The van der Waals surface area contributed by atoms with Gasteiger partial charge in [0.2, 0.25) is 5.75 Å². The van der Waals surface area contributed by atoms with Crippen LogP contribution in [0.1, 0.15) is 24.3 Å². The van der Waals surface area contributed by atoms with Crippen LogP contribution in [0.4, 0.5) is 0 Å². The molecule has 0 aromatic heterocycles. The molecule has 23 heavy (non-hydrogen) atoms. The van der Waals surface area contributed by atoms with E-state index in [1.54, 1.807) is 21.3 Å². The van der Waals surface area contributed by atoms with E-state index in [0.29, 0.717) is 23.7 Å². The number of aliphatic hydroxyl groups excluding tert-OH is 1. The fourth-order valence-corrected chi connectivity index (χ4v) is 3.93. The summed E-state index contributed by atoms with van der Waals surface area (Å²) >= 11 is 0. The van der Waals surface area contributed by atoms with Crippen LogP contribution in [0, 0.1) is 0 Å². The van der Waals surface area contributed by atoms with E-state index in [0.717, 1.165) is 18.5 Å². The number of methoxy groups -OCH3 is 3. The van der Waals surface area contributed by atoms with Crippen molar-refractivity contribution in [1.29, 1.82) is 0 Å². The Morgan fingerprint density at radius 1 is 1.09 bits per heavy atom. The number of likely N-dealkylation sites (tertiary alicyclic amines) is 1. The molecule has 1 saturated heterocycles. The molecular formula is C18H25NO4. The van der Waals surface area contributed by atoms with Crippen molar-refractivity contribution >= 4 is 0 Å². The molecule has 1 N–H and O–H groups in total. The number of rotatable bonds is 4. The predicted molar refractivity (Wildman–Crippen MR) is 88.6 cm³/mol. The van der Waals surface area contributed by atoms with Crippen LogP contribution >= 0.6 is 0 Å². The Labute approximate surface area is 137 Å². The molecule has 1 aliphatic heterocycles. The molecule has 3 rings (SSSR count). The van der Waals surface area contributed by atoms with Crippen molar-refractivity contribution in [1.82, 2.24) is 4.90 Å². The smallest absolute Gasteiger partial charge is 0.203 e. The summed E-state index contributed by atoms with van der Waals surface area (Å²) in [5.41, 5.74) is 2.45. The van der Waals surface area contributed by atoms with Crippen molar-refractivity contribution in [2.75, 3.05) is 34.9 Å². The molecular weight excluding hydrogens is 294 g/mol. The number of hydrogen-bond donors (Lipinski definition) is 1. The van der Waals surface area contributed by atoms with Gasteiger partial charge in [-0.3, -0.25) is 4.90 Å². The van der Waals surface area contributed by atoms with Gasteiger partial charge >= 0.3 is 0 Å². The van der Waals surface area contributed by atoms with Crippen molar-refractivity contribution in [3.63, 3.8) is 0 Å². The first kappa shape index (κ1) is 16.1. The fourth-order valence-electron chi connectivity index (χ4n) is 3.93. The number of benzene rings is 1. The molecule has 5 heteroatoms. The number of aliphatic hydroxyl groups is 1. The van der Waals surface area contributed by atoms with Gasteiger partial charge in [-0.2, -0.15) is 0 Å². The Bertz CT molecular complexity index is 588. The fraction of sp³-hybridized carbons (Fsp3) is 0.556. The van der Waals surface area contributed by atoms with Crippen LogP contribution in [0.15, 0.2) is 23.8 Å². The van der Waals surface area contributed by atoms with Crippen LogP contribution in [-0.2, 0) is 0 Å². The SMILES string of the molecule is COc1cc([C@@H]2[C@H](O)CC=C3CCN(C)[C@H]32)cc(OC)c1OC. The van der Waals surface area contributed by atoms with Gasteiger partial charge in [0, 0.05) is 18.5 Å². The lowest BCUT2D eigenvalue weighted by atomic mass is 9.78.